The van der Waals surface area contributed by atoms with Crippen molar-refractivity contribution in [3.8, 4) is 11.5 Å². The topological polar surface area (TPSA) is 78.7 Å². The molecule has 0 atom stereocenters. The van der Waals surface area contributed by atoms with Crippen molar-refractivity contribution >= 4 is 29.1 Å². The zero-order valence-corrected chi connectivity index (χ0v) is 16.7. The molecule has 0 N–H and O–H groups in total. The Morgan fingerprint density at radius 3 is 2.53 bits per heavy atom. The highest BCUT2D eigenvalue weighted by atomic mass is 35.5. The number of rotatable bonds is 5. The number of ether oxygens (including phenoxy) is 2. The quantitative estimate of drug-likeness (QED) is 0.297. The fourth-order valence-corrected chi connectivity index (χ4v) is 3.33. The molecule has 0 spiro atoms. The number of halogens is 1. The Balaban J connectivity index is 1.56. The maximum absolute atomic E-state index is 12.7. The van der Waals surface area contributed by atoms with Crippen LogP contribution in [0.25, 0.3) is 6.08 Å². The highest BCUT2D eigenvalue weighted by molar-refractivity contribution is 6.31. The molecule has 3 aromatic rings. The lowest BCUT2D eigenvalue weighted by Crippen LogP contribution is -1.99. The van der Waals surface area contributed by atoms with Crippen LogP contribution in [-0.4, -0.2) is 10.7 Å². The number of carbonyl (C=O) groups is 1. The third-order valence-electron chi connectivity index (χ3n) is 4.78. The second-order valence-corrected chi connectivity index (χ2v) is 7.14. The summed E-state index contributed by atoms with van der Waals surface area (Å²) in [5.41, 5.74) is 2.63. The summed E-state index contributed by atoms with van der Waals surface area (Å²) < 4.78 is 11.7. The van der Waals surface area contributed by atoms with Gasteiger partial charge in [0.25, 0.3) is 5.69 Å². The molecule has 7 heteroatoms. The third kappa shape index (κ3) is 3.77. The minimum Gasteiger partial charge on any atom is -0.488 e. The highest BCUT2D eigenvalue weighted by Gasteiger charge is 2.30. The van der Waals surface area contributed by atoms with Crippen molar-refractivity contribution in [2.45, 2.75) is 13.5 Å². The van der Waals surface area contributed by atoms with Gasteiger partial charge in [-0.3, -0.25) is 14.9 Å². The SMILES string of the molecule is Cc1c(OCc2ccccc2Cl)ccc2c1O/C(=C\c1ccc([N+](=O)[O-])cc1)C2=O. The van der Waals surface area contributed by atoms with Gasteiger partial charge in [-0.1, -0.05) is 29.8 Å². The average molecular weight is 422 g/mol. The largest absolute Gasteiger partial charge is 0.488 e. The third-order valence-corrected chi connectivity index (χ3v) is 5.15. The Morgan fingerprint density at radius 1 is 1.10 bits per heavy atom. The minimum absolute atomic E-state index is 0.0183. The van der Waals surface area contributed by atoms with Crippen LogP contribution in [-0.2, 0) is 6.61 Å². The lowest BCUT2D eigenvalue weighted by molar-refractivity contribution is -0.384. The van der Waals surface area contributed by atoms with Crippen LogP contribution in [0.3, 0.4) is 0 Å². The molecule has 1 heterocycles. The van der Waals surface area contributed by atoms with Crippen LogP contribution in [0.4, 0.5) is 5.69 Å². The van der Waals surface area contributed by atoms with Crippen LogP contribution in [0, 0.1) is 17.0 Å². The Bertz CT molecular complexity index is 1180. The lowest BCUT2D eigenvalue weighted by atomic mass is 10.1. The van der Waals surface area contributed by atoms with Crippen molar-refractivity contribution in [3.05, 3.63) is 104 Å². The smallest absolute Gasteiger partial charge is 0.269 e. The number of carbonyl (C=O) groups excluding carboxylic acids is 1. The summed E-state index contributed by atoms with van der Waals surface area (Å²) in [5, 5.41) is 11.4. The molecule has 30 heavy (non-hydrogen) atoms. The number of Topliss-reactive ketones (excluding diaryl/α,β-unsaturated/α-hetero) is 1. The van der Waals surface area contributed by atoms with E-state index >= 15 is 0 Å². The van der Waals surface area contributed by atoms with E-state index in [1.165, 1.54) is 12.1 Å². The van der Waals surface area contributed by atoms with Gasteiger partial charge in [0.05, 0.1) is 10.5 Å². The summed E-state index contributed by atoms with van der Waals surface area (Å²) in [4.78, 5) is 23.0. The standard InChI is InChI=1S/C23H16ClNO5/c1-14-20(29-13-16-4-2-3-5-19(16)24)11-10-18-22(26)21(30-23(14)18)12-15-6-8-17(9-7-15)25(27)28/h2-12H,13H2,1H3/b21-12-. The molecule has 1 aliphatic rings. The van der Waals surface area contributed by atoms with Gasteiger partial charge in [0.2, 0.25) is 5.78 Å². The molecule has 0 amide bonds. The van der Waals surface area contributed by atoms with Gasteiger partial charge < -0.3 is 9.47 Å². The summed E-state index contributed by atoms with van der Waals surface area (Å²) >= 11 is 6.17. The van der Waals surface area contributed by atoms with Crippen molar-refractivity contribution in [1.29, 1.82) is 0 Å². The molecule has 0 aromatic heterocycles. The van der Waals surface area contributed by atoms with Gasteiger partial charge in [0.1, 0.15) is 18.1 Å². The lowest BCUT2D eigenvalue weighted by Gasteiger charge is -2.12. The number of hydrogen-bond acceptors (Lipinski definition) is 5. The van der Waals surface area contributed by atoms with Crippen LogP contribution >= 0.6 is 11.6 Å². The summed E-state index contributed by atoms with van der Waals surface area (Å²) in [6.07, 6.45) is 1.57. The predicted molar refractivity (Wildman–Crippen MR) is 113 cm³/mol. The van der Waals surface area contributed by atoms with Crippen molar-refractivity contribution in [2.24, 2.45) is 0 Å². The first-order chi connectivity index (χ1) is 14.4. The molecule has 0 bridgehead atoms. The van der Waals surface area contributed by atoms with E-state index in [0.717, 1.165) is 5.56 Å². The van der Waals surface area contributed by atoms with E-state index in [1.807, 2.05) is 25.1 Å². The van der Waals surface area contributed by atoms with Crippen LogP contribution in [0.5, 0.6) is 11.5 Å². The van der Waals surface area contributed by atoms with Crippen LogP contribution in [0.2, 0.25) is 5.02 Å². The number of ketones is 1. The molecule has 6 nitrogen and oxygen atoms in total. The van der Waals surface area contributed by atoms with Gasteiger partial charge in [-0.15, -0.1) is 0 Å². The fraction of sp³-hybridized carbons (Fsp3) is 0.0870. The highest BCUT2D eigenvalue weighted by Crippen LogP contribution is 2.39. The normalized spacial score (nSPS) is 13.8. The van der Waals surface area contributed by atoms with Gasteiger partial charge >= 0.3 is 0 Å². The van der Waals surface area contributed by atoms with Crippen LogP contribution in [0.1, 0.15) is 27.0 Å². The molecule has 0 aliphatic carbocycles. The number of benzene rings is 3. The molecule has 0 unspecified atom stereocenters. The summed E-state index contributed by atoms with van der Waals surface area (Å²) in [7, 11) is 0. The van der Waals surface area contributed by atoms with E-state index in [2.05, 4.69) is 0 Å². The molecule has 0 saturated heterocycles. The molecule has 4 rings (SSSR count). The van der Waals surface area contributed by atoms with Crippen LogP contribution in [0.15, 0.2) is 66.4 Å². The number of nitrogens with zero attached hydrogens (tertiary/aromatic N) is 1. The van der Waals surface area contributed by atoms with E-state index < -0.39 is 4.92 Å². The minimum atomic E-state index is -0.475. The summed E-state index contributed by atoms with van der Waals surface area (Å²) in [6.45, 7) is 2.11. The molecule has 3 aromatic carbocycles. The number of allylic oxidation sites excluding steroid dienone is 1. The second-order valence-electron chi connectivity index (χ2n) is 6.73. The second kappa shape index (κ2) is 8.00. The van der Waals surface area contributed by atoms with Gasteiger partial charge in [0.15, 0.2) is 5.76 Å². The van der Waals surface area contributed by atoms with E-state index in [9.17, 15) is 14.9 Å². The first kappa shape index (κ1) is 19.7. The number of hydrogen-bond donors (Lipinski definition) is 0. The average Bonchev–Trinajstić information content (AvgIpc) is 3.05. The Hall–Kier alpha value is -3.64. The number of non-ortho nitro benzene ring substituents is 1. The van der Waals surface area contributed by atoms with Gasteiger partial charge in [-0.05, 0) is 48.9 Å². The zero-order valence-electron chi connectivity index (χ0n) is 15.9. The molecular formula is C23H16ClNO5. The summed E-state index contributed by atoms with van der Waals surface area (Å²) in [5.74, 6) is 0.956. The first-order valence-electron chi connectivity index (χ1n) is 9.12. The zero-order chi connectivity index (χ0) is 21.3. The molecule has 0 saturated carbocycles. The number of nitro benzene ring substituents is 1. The Kier molecular flexibility index (Phi) is 5.25. The van der Waals surface area contributed by atoms with Gasteiger partial charge in [0, 0.05) is 28.3 Å². The van der Waals surface area contributed by atoms with E-state index in [-0.39, 0.29) is 17.2 Å². The van der Waals surface area contributed by atoms with Gasteiger partial charge in [-0.2, -0.15) is 0 Å². The molecule has 0 fully saturated rings. The Labute approximate surface area is 177 Å². The first-order valence-corrected chi connectivity index (χ1v) is 9.50. The molecular weight excluding hydrogens is 406 g/mol. The van der Waals surface area contributed by atoms with E-state index in [0.29, 0.717) is 39.8 Å². The van der Waals surface area contributed by atoms with Gasteiger partial charge in [-0.25, -0.2) is 0 Å². The van der Waals surface area contributed by atoms with Crippen molar-refractivity contribution < 1.29 is 19.2 Å². The fourth-order valence-electron chi connectivity index (χ4n) is 3.14. The van der Waals surface area contributed by atoms with E-state index in [4.69, 9.17) is 21.1 Å². The monoisotopic (exact) mass is 421 g/mol. The number of fused-ring (bicyclic) bond motifs is 1. The maximum Gasteiger partial charge on any atom is 0.269 e. The van der Waals surface area contributed by atoms with Crippen molar-refractivity contribution in [1.82, 2.24) is 0 Å². The number of nitro groups is 1. The Morgan fingerprint density at radius 2 is 1.83 bits per heavy atom. The van der Waals surface area contributed by atoms with Crippen molar-refractivity contribution in [2.75, 3.05) is 0 Å². The molecule has 150 valence electrons. The van der Waals surface area contributed by atoms with E-state index in [1.54, 1.807) is 36.4 Å². The maximum atomic E-state index is 12.7. The molecule has 1 aliphatic heterocycles. The van der Waals surface area contributed by atoms with Crippen molar-refractivity contribution in [3.63, 3.8) is 0 Å². The van der Waals surface area contributed by atoms with Crippen LogP contribution < -0.4 is 9.47 Å². The summed E-state index contributed by atoms with van der Waals surface area (Å²) in [6, 6.07) is 16.7. The predicted octanol–water partition coefficient (Wildman–Crippen LogP) is 5.75. The molecule has 0 radical (unpaired) electrons.